The highest BCUT2D eigenvalue weighted by Crippen LogP contribution is 2.29. The second-order valence-corrected chi connectivity index (χ2v) is 5.90. The number of nitrogens with one attached hydrogen (secondary N) is 1. The minimum Gasteiger partial charge on any atom is -0.504 e. The second kappa shape index (κ2) is 7.53. The molecule has 112 valence electrons. The highest BCUT2D eigenvalue weighted by atomic mass is 16.5. The molecule has 3 nitrogen and oxygen atoms in total. The Kier molecular flexibility index (Phi) is 5.72. The Bertz CT molecular complexity index is 413. The summed E-state index contributed by atoms with van der Waals surface area (Å²) in [4.78, 5) is 0. The third-order valence-corrected chi connectivity index (χ3v) is 4.43. The SMILES string of the molecule is COc1cc(C(C)NCCC2CCCCC2)ccc1O. The van der Waals surface area contributed by atoms with Crippen molar-refractivity contribution in [2.24, 2.45) is 5.92 Å². The topological polar surface area (TPSA) is 41.5 Å². The van der Waals surface area contributed by atoms with Gasteiger partial charge in [0.05, 0.1) is 7.11 Å². The standard InChI is InChI=1S/C17H27NO2/c1-13(15-8-9-16(19)17(12-15)20-2)18-11-10-14-6-4-3-5-7-14/h8-9,12-14,18-19H,3-7,10-11H2,1-2H3. The zero-order valence-corrected chi connectivity index (χ0v) is 12.7. The van der Waals surface area contributed by atoms with Gasteiger partial charge in [-0.1, -0.05) is 38.2 Å². The fraction of sp³-hybridized carbons (Fsp3) is 0.647. The molecule has 2 N–H and O–H groups in total. The normalized spacial score (nSPS) is 17.9. The van der Waals surface area contributed by atoms with Crippen LogP contribution < -0.4 is 10.1 Å². The number of hydrogen-bond donors (Lipinski definition) is 2. The molecule has 0 bridgehead atoms. The number of benzene rings is 1. The number of ether oxygens (including phenoxy) is 1. The van der Waals surface area contributed by atoms with Crippen molar-refractivity contribution in [2.75, 3.05) is 13.7 Å². The van der Waals surface area contributed by atoms with Crippen LogP contribution in [0.1, 0.15) is 57.1 Å². The van der Waals surface area contributed by atoms with E-state index in [0.29, 0.717) is 5.75 Å². The average Bonchev–Trinajstić information content (AvgIpc) is 2.48. The van der Waals surface area contributed by atoms with Gasteiger partial charge in [-0.2, -0.15) is 0 Å². The molecule has 0 heterocycles. The smallest absolute Gasteiger partial charge is 0.160 e. The van der Waals surface area contributed by atoms with Crippen LogP contribution in [-0.2, 0) is 0 Å². The Morgan fingerprint density at radius 3 is 2.75 bits per heavy atom. The molecule has 1 unspecified atom stereocenters. The van der Waals surface area contributed by atoms with Crippen LogP contribution in [0.3, 0.4) is 0 Å². The number of rotatable bonds is 6. The molecule has 1 aromatic carbocycles. The number of hydrogen-bond acceptors (Lipinski definition) is 3. The van der Waals surface area contributed by atoms with Crippen molar-refractivity contribution < 1.29 is 9.84 Å². The van der Waals surface area contributed by atoms with Gasteiger partial charge in [0.15, 0.2) is 11.5 Å². The van der Waals surface area contributed by atoms with Gasteiger partial charge in [-0.05, 0) is 43.5 Å². The van der Waals surface area contributed by atoms with Crippen LogP contribution in [0.5, 0.6) is 11.5 Å². The number of methoxy groups -OCH3 is 1. The van der Waals surface area contributed by atoms with Gasteiger partial charge in [0, 0.05) is 6.04 Å². The monoisotopic (exact) mass is 277 g/mol. The second-order valence-electron chi connectivity index (χ2n) is 5.90. The Morgan fingerprint density at radius 2 is 2.05 bits per heavy atom. The summed E-state index contributed by atoms with van der Waals surface area (Å²) in [7, 11) is 1.58. The molecule has 1 aromatic rings. The van der Waals surface area contributed by atoms with Crippen molar-refractivity contribution in [2.45, 2.75) is 51.5 Å². The molecule has 1 atom stereocenters. The Morgan fingerprint density at radius 1 is 1.30 bits per heavy atom. The summed E-state index contributed by atoms with van der Waals surface area (Å²) in [5.74, 6) is 1.66. The van der Waals surface area contributed by atoms with Crippen molar-refractivity contribution in [1.29, 1.82) is 0 Å². The van der Waals surface area contributed by atoms with Crippen molar-refractivity contribution in [3.8, 4) is 11.5 Å². The molecule has 0 aliphatic heterocycles. The molecule has 0 saturated heterocycles. The highest BCUT2D eigenvalue weighted by Gasteiger charge is 2.14. The Labute approximate surface area is 122 Å². The van der Waals surface area contributed by atoms with E-state index in [1.165, 1.54) is 38.5 Å². The summed E-state index contributed by atoms with van der Waals surface area (Å²) in [6.07, 6.45) is 8.34. The van der Waals surface area contributed by atoms with Crippen molar-refractivity contribution >= 4 is 0 Å². The summed E-state index contributed by atoms with van der Waals surface area (Å²) in [5.41, 5.74) is 1.16. The van der Waals surface area contributed by atoms with Gasteiger partial charge in [-0.3, -0.25) is 0 Å². The highest BCUT2D eigenvalue weighted by molar-refractivity contribution is 5.42. The summed E-state index contributed by atoms with van der Waals surface area (Å²) >= 11 is 0. The minimum atomic E-state index is 0.200. The number of phenols is 1. The first kappa shape index (κ1) is 15.2. The van der Waals surface area contributed by atoms with Gasteiger partial charge >= 0.3 is 0 Å². The lowest BCUT2D eigenvalue weighted by Gasteiger charge is -2.23. The fourth-order valence-electron chi connectivity index (χ4n) is 3.06. The molecule has 1 saturated carbocycles. The zero-order chi connectivity index (χ0) is 14.4. The van der Waals surface area contributed by atoms with Crippen LogP contribution in [0.4, 0.5) is 0 Å². The van der Waals surface area contributed by atoms with Crippen molar-refractivity contribution in [3.63, 3.8) is 0 Å². The molecule has 0 radical (unpaired) electrons. The number of phenolic OH excluding ortho intramolecular Hbond substituents is 1. The van der Waals surface area contributed by atoms with E-state index in [1.54, 1.807) is 13.2 Å². The maximum atomic E-state index is 9.62. The first-order valence-electron chi connectivity index (χ1n) is 7.81. The van der Waals surface area contributed by atoms with Gasteiger partial charge in [0.2, 0.25) is 0 Å². The molecular weight excluding hydrogens is 250 g/mol. The number of aromatic hydroxyl groups is 1. The van der Waals surface area contributed by atoms with E-state index >= 15 is 0 Å². The lowest BCUT2D eigenvalue weighted by atomic mass is 9.87. The van der Waals surface area contributed by atoms with Gasteiger partial charge < -0.3 is 15.2 Å². The summed E-state index contributed by atoms with van der Waals surface area (Å²) in [5, 5.41) is 13.2. The molecular formula is C17H27NO2. The average molecular weight is 277 g/mol. The van der Waals surface area contributed by atoms with E-state index < -0.39 is 0 Å². The van der Waals surface area contributed by atoms with E-state index in [1.807, 2.05) is 12.1 Å². The quantitative estimate of drug-likeness (QED) is 0.825. The predicted molar refractivity (Wildman–Crippen MR) is 82.3 cm³/mol. The molecule has 0 aromatic heterocycles. The van der Waals surface area contributed by atoms with Crippen LogP contribution in [0.2, 0.25) is 0 Å². The van der Waals surface area contributed by atoms with Gasteiger partial charge in [0.1, 0.15) is 0 Å². The third-order valence-electron chi connectivity index (χ3n) is 4.43. The Hall–Kier alpha value is -1.22. The molecule has 3 heteroatoms. The van der Waals surface area contributed by atoms with Crippen LogP contribution in [0.15, 0.2) is 18.2 Å². The Balaban J connectivity index is 1.80. The maximum absolute atomic E-state index is 9.62. The van der Waals surface area contributed by atoms with Crippen LogP contribution >= 0.6 is 0 Å². The van der Waals surface area contributed by atoms with E-state index in [0.717, 1.165) is 18.0 Å². The van der Waals surface area contributed by atoms with E-state index in [4.69, 9.17) is 4.74 Å². The fourth-order valence-corrected chi connectivity index (χ4v) is 3.06. The predicted octanol–water partition coefficient (Wildman–Crippen LogP) is 4.02. The van der Waals surface area contributed by atoms with Crippen molar-refractivity contribution in [3.05, 3.63) is 23.8 Å². The van der Waals surface area contributed by atoms with Crippen LogP contribution in [-0.4, -0.2) is 18.8 Å². The lowest BCUT2D eigenvalue weighted by molar-refractivity contribution is 0.329. The maximum Gasteiger partial charge on any atom is 0.160 e. The van der Waals surface area contributed by atoms with E-state index in [-0.39, 0.29) is 11.8 Å². The van der Waals surface area contributed by atoms with Gasteiger partial charge in [0.25, 0.3) is 0 Å². The first-order valence-corrected chi connectivity index (χ1v) is 7.81. The molecule has 2 rings (SSSR count). The zero-order valence-electron chi connectivity index (χ0n) is 12.7. The minimum absolute atomic E-state index is 0.200. The van der Waals surface area contributed by atoms with Gasteiger partial charge in [-0.25, -0.2) is 0 Å². The molecule has 20 heavy (non-hydrogen) atoms. The summed E-state index contributed by atoms with van der Waals surface area (Å²) < 4.78 is 5.16. The molecule has 0 amide bonds. The van der Waals surface area contributed by atoms with E-state index in [2.05, 4.69) is 12.2 Å². The third kappa shape index (κ3) is 4.14. The van der Waals surface area contributed by atoms with E-state index in [9.17, 15) is 5.11 Å². The molecule has 1 aliphatic carbocycles. The summed E-state index contributed by atoms with van der Waals surface area (Å²) in [6, 6.07) is 5.85. The molecule has 1 aliphatic rings. The van der Waals surface area contributed by atoms with Crippen LogP contribution in [0.25, 0.3) is 0 Å². The molecule has 0 spiro atoms. The first-order chi connectivity index (χ1) is 9.70. The van der Waals surface area contributed by atoms with Gasteiger partial charge in [-0.15, -0.1) is 0 Å². The van der Waals surface area contributed by atoms with Crippen LogP contribution in [0, 0.1) is 5.92 Å². The lowest BCUT2D eigenvalue weighted by Crippen LogP contribution is -2.22. The molecule has 1 fully saturated rings. The largest absolute Gasteiger partial charge is 0.504 e. The van der Waals surface area contributed by atoms with Crippen molar-refractivity contribution in [1.82, 2.24) is 5.32 Å². The summed E-state index contributed by atoms with van der Waals surface area (Å²) in [6.45, 7) is 3.22.